The summed E-state index contributed by atoms with van der Waals surface area (Å²) in [5.41, 5.74) is 6.28. The fraction of sp³-hybridized carbons (Fsp3) is 0.188. The second-order valence-electron chi connectivity index (χ2n) is 4.75. The number of benzene rings is 1. The minimum Gasteiger partial charge on any atom is -0.491 e. The summed E-state index contributed by atoms with van der Waals surface area (Å²) >= 11 is 5.96. The first kappa shape index (κ1) is 20.5. The van der Waals surface area contributed by atoms with E-state index in [-0.39, 0.29) is 12.4 Å². The predicted molar refractivity (Wildman–Crippen MR) is 99.5 cm³/mol. The molecule has 9 heteroatoms. The highest BCUT2D eigenvalue weighted by atomic mass is 35.5. The fourth-order valence-corrected chi connectivity index (χ4v) is 1.97. The monoisotopic (exact) mass is 381 g/mol. The summed E-state index contributed by atoms with van der Waals surface area (Å²) in [6.07, 6.45) is 2.07. The Morgan fingerprint density at radius 3 is 2.76 bits per heavy atom. The average molecular weight is 382 g/mol. The number of anilines is 2. The molecule has 1 heterocycles. The third kappa shape index (κ3) is 6.47. The van der Waals surface area contributed by atoms with Gasteiger partial charge in [0.1, 0.15) is 17.6 Å². The van der Waals surface area contributed by atoms with E-state index in [4.69, 9.17) is 27.3 Å². The highest BCUT2D eigenvalue weighted by Gasteiger charge is 2.10. The lowest BCUT2D eigenvalue weighted by Gasteiger charge is -2.13. The van der Waals surface area contributed by atoms with Gasteiger partial charge in [0, 0.05) is 11.2 Å². The van der Waals surface area contributed by atoms with Gasteiger partial charge in [-0.2, -0.15) is 5.26 Å². The summed E-state index contributed by atoms with van der Waals surface area (Å²) in [5.74, 6) is 0.815. The van der Waals surface area contributed by atoms with Crippen LogP contribution in [0, 0.1) is 11.3 Å². The molecule has 7 nitrogen and oxygen atoms in total. The standard InChI is InChI=1S/C16H16ClN5O2.ClH/c17-12-3-4-14(24-7-1-6-18)13(8-12)21-16(23)22-15-5-2-11(9-19)10-20-15;/h2-5,8,10H,1,6-7,18H2,(H2,20,21,22,23);1H. The van der Waals surface area contributed by atoms with Crippen molar-refractivity contribution in [3.8, 4) is 11.8 Å². The zero-order valence-corrected chi connectivity index (χ0v) is 14.7. The van der Waals surface area contributed by atoms with E-state index in [0.29, 0.717) is 47.4 Å². The lowest BCUT2D eigenvalue weighted by Crippen LogP contribution is -2.20. The molecule has 0 aliphatic carbocycles. The highest BCUT2D eigenvalue weighted by Crippen LogP contribution is 2.28. The van der Waals surface area contributed by atoms with E-state index >= 15 is 0 Å². The number of hydrogen-bond acceptors (Lipinski definition) is 5. The summed E-state index contributed by atoms with van der Waals surface area (Å²) in [7, 11) is 0. The molecule has 25 heavy (non-hydrogen) atoms. The minimum absolute atomic E-state index is 0. The summed E-state index contributed by atoms with van der Waals surface area (Å²) in [6, 6.07) is 9.48. The number of aromatic nitrogens is 1. The van der Waals surface area contributed by atoms with Gasteiger partial charge in [0.2, 0.25) is 0 Å². The number of carbonyl (C=O) groups is 1. The lowest BCUT2D eigenvalue weighted by atomic mass is 10.3. The van der Waals surface area contributed by atoms with Crippen LogP contribution in [0.1, 0.15) is 12.0 Å². The minimum atomic E-state index is -0.502. The maximum absolute atomic E-state index is 12.1. The van der Waals surface area contributed by atoms with Gasteiger partial charge in [-0.05, 0) is 43.3 Å². The number of ether oxygens (including phenoxy) is 1. The van der Waals surface area contributed by atoms with Crippen molar-refractivity contribution in [3.05, 3.63) is 47.1 Å². The molecule has 2 rings (SSSR count). The van der Waals surface area contributed by atoms with Crippen LogP contribution in [0.4, 0.5) is 16.3 Å². The van der Waals surface area contributed by atoms with Gasteiger partial charge in [-0.15, -0.1) is 12.4 Å². The smallest absolute Gasteiger partial charge is 0.324 e. The Hall–Kier alpha value is -2.53. The van der Waals surface area contributed by atoms with E-state index in [9.17, 15) is 4.79 Å². The first-order valence-corrected chi connectivity index (χ1v) is 7.56. The van der Waals surface area contributed by atoms with Crippen molar-refractivity contribution in [3.63, 3.8) is 0 Å². The van der Waals surface area contributed by atoms with Crippen molar-refractivity contribution in [2.75, 3.05) is 23.8 Å². The van der Waals surface area contributed by atoms with E-state index in [1.54, 1.807) is 24.3 Å². The van der Waals surface area contributed by atoms with Crippen molar-refractivity contribution in [1.82, 2.24) is 4.98 Å². The number of hydrogen-bond donors (Lipinski definition) is 3. The number of carbonyl (C=O) groups excluding carboxylic acids is 1. The Kier molecular flexibility index (Phi) is 8.50. The van der Waals surface area contributed by atoms with Crippen molar-refractivity contribution < 1.29 is 9.53 Å². The summed E-state index contributed by atoms with van der Waals surface area (Å²) in [6.45, 7) is 0.951. The van der Waals surface area contributed by atoms with Crippen LogP contribution in [0.3, 0.4) is 0 Å². The second-order valence-corrected chi connectivity index (χ2v) is 5.19. The molecule has 1 aromatic carbocycles. The molecule has 4 N–H and O–H groups in total. The molecular weight excluding hydrogens is 365 g/mol. The van der Waals surface area contributed by atoms with Gasteiger partial charge >= 0.3 is 6.03 Å². The molecule has 1 aromatic heterocycles. The molecule has 0 bridgehead atoms. The van der Waals surface area contributed by atoms with Crippen molar-refractivity contribution in [2.24, 2.45) is 5.73 Å². The van der Waals surface area contributed by atoms with Gasteiger partial charge in [-0.1, -0.05) is 11.6 Å². The molecule has 0 saturated carbocycles. The van der Waals surface area contributed by atoms with Crippen LogP contribution >= 0.6 is 24.0 Å². The molecular formula is C16H17Cl2N5O2. The molecule has 0 unspecified atom stereocenters. The molecule has 0 aliphatic heterocycles. The van der Waals surface area contributed by atoms with E-state index in [1.165, 1.54) is 12.3 Å². The number of halogens is 2. The van der Waals surface area contributed by atoms with Crippen molar-refractivity contribution in [1.29, 1.82) is 5.26 Å². The van der Waals surface area contributed by atoms with Crippen molar-refractivity contribution in [2.45, 2.75) is 6.42 Å². The number of nitrogens with one attached hydrogen (secondary N) is 2. The maximum atomic E-state index is 12.1. The zero-order chi connectivity index (χ0) is 17.4. The van der Waals surface area contributed by atoms with Crippen LogP contribution in [0.25, 0.3) is 0 Å². The molecule has 0 saturated heterocycles. The fourth-order valence-electron chi connectivity index (χ4n) is 1.80. The Bertz CT molecular complexity index is 747. The summed E-state index contributed by atoms with van der Waals surface area (Å²) in [5, 5.41) is 14.4. The van der Waals surface area contributed by atoms with Crippen LogP contribution in [-0.4, -0.2) is 24.2 Å². The number of amides is 2. The van der Waals surface area contributed by atoms with E-state index in [0.717, 1.165) is 0 Å². The quantitative estimate of drug-likeness (QED) is 0.663. The zero-order valence-electron chi connectivity index (χ0n) is 13.2. The Labute approximate surface area is 156 Å². The van der Waals surface area contributed by atoms with Gasteiger partial charge in [-0.25, -0.2) is 9.78 Å². The lowest BCUT2D eigenvalue weighted by molar-refractivity contribution is 0.261. The van der Waals surface area contributed by atoms with E-state index in [1.807, 2.05) is 6.07 Å². The molecule has 0 fully saturated rings. The number of rotatable bonds is 6. The van der Waals surface area contributed by atoms with Crippen LogP contribution < -0.4 is 21.1 Å². The Balaban J connectivity index is 0.00000312. The van der Waals surface area contributed by atoms with Gasteiger partial charge in [0.05, 0.1) is 17.9 Å². The molecule has 2 aromatic rings. The topological polar surface area (TPSA) is 113 Å². The van der Waals surface area contributed by atoms with Crippen LogP contribution in [0.15, 0.2) is 36.5 Å². The normalized spacial score (nSPS) is 9.48. The number of nitriles is 1. The SMILES string of the molecule is Cl.N#Cc1ccc(NC(=O)Nc2cc(Cl)ccc2OCCCN)nc1. The van der Waals surface area contributed by atoms with Gasteiger partial charge in [0.25, 0.3) is 0 Å². The van der Waals surface area contributed by atoms with Crippen LogP contribution in [-0.2, 0) is 0 Å². The Morgan fingerprint density at radius 1 is 1.32 bits per heavy atom. The van der Waals surface area contributed by atoms with Crippen molar-refractivity contribution >= 4 is 41.5 Å². The highest BCUT2D eigenvalue weighted by molar-refractivity contribution is 6.31. The summed E-state index contributed by atoms with van der Waals surface area (Å²) < 4.78 is 5.58. The van der Waals surface area contributed by atoms with Gasteiger partial charge in [0.15, 0.2) is 0 Å². The predicted octanol–water partition coefficient (Wildman–Crippen LogP) is 3.40. The van der Waals surface area contributed by atoms with Crippen LogP contribution in [0.2, 0.25) is 5.02 Å². The number of nitrogens with two attached hydrogens (primary N) is 1. The first-order valence-electron chi connectivity index (χ1n) is 7.19. The largest absolute Gasteiger partial charge is 0.491 e. The summed E-state index contributed by atoms with van der Waals surface area (Å²) in [4.78, 5) is 16.1. The van der Waals surface area contributed by atoms with Gasteiger partial charge in [-0.3, -0.25) is 5.32 Å². The average Bonchev–Trinajstić information content (AvgIpc) is 2.57. The molecule has 0 radical (unpaired) electrons. The molecule has 0 aliphatic rings. The van der Waals surface area contributed by atoms with Crippen LogP contribution in [0.5, 0.6) is 5.75 Å². The molecule has 2 amide bonds. The molecule has 0 atom stereocenters. The maximum Gasteiger partial charge on any atom is 0.324 e. The number of pyridine rings is 1. The van der Waals surface area contributed by atoms with E-state index < -0.39 is 6.03 Å². The first-order chi connectivity index (χ1) is 11.6. The third-order valence-corrected chi connectivity index (χ3v) is 3.17. The third-order valence-electron chi connectivity index (χ3n) is 2.93. The Morgan fingerprint density at radius 2 is 2.12 bits per heavy atom. The van der Waals surface area contributed by atoms with Gasteiger partial charge < -0.3 is 15.8 Å². The van der Waals surface area contributed by atoms with E-state index in [2.05, 4.69) is 15.6 Å². The number of nitrogens with zero attached hydrogens (tertiary/aromatic N) is 2. The second kappa shape index (κ2) is 10.4. The molecule has 0 spiro atoms. The number of urea groups is 1. The molecule has 132 valence electrons.